The van der Waals surface area contributed by atoms with E-state index in [1.165, 1.54) is 0 Å². The quantitative estimate of drug-likeness (QED) is 0.745. The second-order valence-corrected chi connectivity index (χ2v) is 8.80. The Morgan fingerprint density at radius 3 is 2.19 bits per heavy atom. The standard InChI is InChI=1S/C15H30N2O3S/c1-11(2)14(15(18)17-10-12(3)16-4)21(19,20)13-8-6-5-7-9-13/h11-14,16H,5-10H2,1-4H3,(H,17,18). The second-order valence-electron chi connectivity index (χ2n) is 6.45. The van der Waals surface area contributed by atoms with Crippen molar-refractivity contribution in [2.24, 2.45) is 5.92 Å². The SMILES string of the molecule is CNC(C)CNC(=O)C(C(C)C)S(=O)(=O)C1CCCCC1. The minimum atomic E-state index is -3.41. The molecule has 0 aromatic rings. The minimum Gasteiger partial charge on any atom is -0.353 e. The molecule has 0 aromatic carbocycles. The highest BCUT2D eigenvalue weighted by Gasteiger charge is 2.40. The van der Waals surface area contributed by atoms with Gasteiger partial charge in [-0.3, -0.25) is 4.79 Å². The molecule has 2 unspecified atom stereocenters. The van der Waals surface area contributed by atoms with Crippen molar-refractivity contribution in [1.82, 2.24) is 10.6 Å². The number of hydrogen-bond donors (Lipinski definition) is 2. The first-order chi connectivity index (χ1) is 9.80. The van der Waals surface area contributed by atoms with Gasteiger partial charge in [-0.1, -0.05) is 33.1 Å². The smallest absolute Gasteiger partial charge is 0.238 e. The molecule has 21 heavy (non-hydrogen) atoms. The summed E-state index contributed by atoms with van der Waals surface area (Å²) in [5.41, 5.74) is 0. The molecule has 2 N–H and O–H groups in total. The van der Waals surface area contributed by atoms with Gasteiger partial charge >= 0.3 is 0 Å². The zero-order valence-corrected chi connectivity index (χ0v) is 14.5. The molecule has 0 aliphatic heterocycles. The molecule has 0 spiro atoms. The minimum absolute atomic E-state index is 0.124. The fraction of sp³-hybridized carbons (Fsp3) is 0.933. The number of rotatable bonds is 7. The van der Waals surface area contributed by atoms with Crippen LogP contribution in [-0.2, 0) is 14.6 Å². The third-order valence-electron chi connectivity index (χ3n) is 4.31. The number of likely N-dealkylation sites (N-methyl/N-ethyl adjacent to an activating group) is 1. The highest BCUT2D eigenvalue weighted by Crippen LogP contribution is 2.29. The molecule has 5 nitrogen and oxygen atoms in total. The van der Waals surface area contributed by atoms with Gasteiger partial charge in [0.05, 0.1) is 5.25 Å². The lowest BCUT2D eigenvalue weighted by atomic mass is 10.0. The molecule has 0 bridgehead atoms. The van der Waals surface area contributed by atoms with Gasteiger partial charge in [-0.15, -0.1) is 0 Å². The summed E-state index contributed by atoms with van der Waals surface area (Å²) < 4.78 is 25.6. The Kier molecular flexibility index (Phi) is 7.13. The van der Waals surface area contributed by atoms with Gasteiger partial charge in [-0.2, -0.15) is 0 Å². The van der Waals surface area contributed by atoms with Gasteiger partial charge < -0.3 is 10.6 Å². The lowest BCUT2D eigenvalue weighted by Crippen LogP contribution is -2.49. The molecule has 2 atom stereocenters. The molecule has 1 aliphatic carbocycles. The summed E-state index contributed by atoms with van der Waals surface area (Å²) in [6.45, 7) is 6.01. The molecule has 1 rings (SSSR count). The van der Waals surface area contributed by atoms with E-state index in [1.807, 2.05) is 27.8 Å². The predicted molar refractivity (Wildman–Crippen MR) is 86.0 cm³/mol. The molecule has 1 amide bonds. The Balaban J connectivity index is 2.81. The Labute approximate surface area is 129 Å². The molecule has 1 aliphatic rings. The van der Waals surface area contributed by atoms with Crippen molar-refractivity contribution >= 4 is 15.7 Å². The Morgan fingerprint density at radius 1 is 1.14 bits per heavy atom. The number of amides is 1. The van der Waals surface area contributed by atoms with Crippen LogP contribution in [0, 0.1) is 5.92 Å². The van der Waals surface area contributed by atoms with Crippen LogP contribution in [-0.4, -0.2) is 44.5 Å². The van der Waals surface area contributed by atoms with Crippen LogP contribution in [0.3, 0.4) is 0 Å². The second kappa shape index (κ2) is 8.13. The first-order valence-electron chi connectivity index (χ1n) is 7.98. The zero-order valence-electron chi connectivity index (χ0n) is 13.7. The highest BCUT2D eigenvalue weighted by molar-refractivity contribution is 7.93. The van der Waals surface area contributed by atoms with Crippen molar-refractivity contribution in [3.05, 3.63) is 0 Å². The molecule has 0 aromatic heterocycles. The largest absolute Gasteiger partial charge is 0.353 e. The Hall–Kier alpha value is -0.620. The van der Waals surface area contributed by atoms with E-state index in [-0.39, 0.29) is 23.1 Å². The summed E-state index contributed by atoms with van der Waals surface area (Å²) >= 11 is 0. The maximum absolute atomic E-state index is 12.8. The van der Waals surface area contributed by atoms with E-state index in [1.54, 1.807) is 0 Å². The Morgan fingerprint density at radius 2 is 1.71 bits per heavy atom. The molecule has 1 fully saturated rings. The van der Waals surface area contributed by atoms with E-state index in [0.29, 0.717) is 19.4 Å². The molecular weight excluding hydrogens is 288 g/mol. The summed E-state index contributed by atoms with van der Waals surface area (Å²) in [5, 5.41) is 4.54. The van der Waals surface area contributed by atoms with E-state index in [0.717, 1.165) is 19.3 Å². The van der Waals surface area contributed by atoms with Crippen LogP contribution in [0.5, 0.6) is 0 Å². The van der Waals surface area contributed by atoms with E-state index in [4.69, 9.17) is 0 Å². The summed E-state index contributed by atoms with van der Waals surface area (Å²) in [6, 6.07) is 0.124. The fourth-order valence-electron chi connectivity index (χ4n) is 2.89. The van der Waals surface area contributed by atoms with Crippen LogP contribution in [0.15, 0.2) is 0 Å². The van der Waals surface area contributed by atoms with Gasteiger partial charge in [0, 0.05) is 12.6 Å². The summed E-state index contributed by atoms with van der Waals surface area (Å²) in [7, 11) is -1.59. The third kappa shape index (κ3) is 4.95. The van der Waals surface area contributed by atoms with E-state index < -0.39 is 15.1 Å². The van der Waals surface area contributed by atoms with Crippen LogP contribution in [0.1, 0.15) is 52.9 Å². The average molecular weight is 318 g/mol. The monoisotopic (exact) mass is 318 g/mol. The normalized spacial score (nSPS) is 20.2. The number of sulfone groups is 1. The number of carbonyl (C=O) groups excluding carboxylic acids is 1. The maximum atomic E-state index is 12.8. The maximum Gasteiger partial charge on any atom is 0.238 e. The van der Waals surface area contributed by atoms with E-state index in [2.05, 4.69) is 10.6 Å². The van der Waals surface area contributed by atoms with Crippen molar-refractivity contribution in [1.29, 1.82) is 0 Å². The van der Waals surface area contributed by atoms with Crippen molar-refractivity contribution < 1.29 is 13.2 Å². The predicted octanol–water partition coefficient (Wildman–Crippen LogP) is 1.48. The van der Waals surface area contributed by atoms with Gasteiger partial charge in [0.2, 0.25) is 5.91 Å². The highest BCUT2D eigenvalue weighted by atomic mass is 32.2. The van der Waals surface area contributed by atoms with Gasteiger partial charge in [0.25, 0.3) is 0 Å². The van der Waals surface area contributed by atoms with Crippen molar-refractivity contribution in [3.63, 3.8) is 0 Å². The molecule has 0 saturated heterocycles. The molecule has 6 heteroatoms. The molecule has 0 heterocycles. The van der Waals surface area contributed by atoms with Crippen LogP contribution in [0.25, 0.3) is 0 Å². The average Bonchev–Trinajstić information content (AvgIpc) is 2.45. The van der Waals surface area contributed by atoms with Gasteiger partial charge in [0.1, 0.15) is 5.25 Å². The zero-order chi connectivity index (χ0) is 16.0. The van der Waals surface area contributed by atoms with E-state index >= 15 is 0 Å². The first kappa shape index (κ1) is 18.4. The number of carbonyl (C=O) groups is 1. The fourth-order valence-corrected chi connectivity index (χ4v) is 5.43. The molecule has 124 valence electrons. The third-order valence-corrected chi connectivity index (χ3v) is 7.18. The summed E-state index contributed by atoms with van der Waals surface area (Å²) in [6.07, 6.45) is 4.40. The molecule has 1 saturated carbocycles. The van der Waals surface area contributed by atoms with Crippen LogP contribution < -0.4 is 10.6 Å². The van der Waals surface area contributed by atoms with Gasteiger partial charge in [-0.25, -0.2) is 8.42 Å². The van der Waals surface area contributed by atoms with Gasteiger partial charge in [0.15, 0.2) is 9.84 Å². The topological polar surface area (TPSA) is 75.3 Å². The number of hydrogen-bond acceptors (Lipinski definition) is 4. The first-order valence-corrected chi connectivity index (χ1v) is 9.59. The Bertz CT molecular complexity index is 428. The van der Waals surface area contributed by atoms with Crippen LogP contribution in [0.2, 0.25) is 0 Å². The molecule has 0 radical (unpaired) electrons. The van der Waals surface area contributed by atoms with Crippen molar-refractivity contribution in [2.75, 3.05) is 13.6 Å². The summed E-state index contributed by atoms with van der Waals surface area (Å²) in [4.78, 5) is 12.4. The van der Waals surface area contributed by atoms with Crippen LogP contribution in [0.4, 0.5) is 0 Å². The lowest BCUT2D eigenvalue weighted by molar-refractivity contribution is -0.121. The molecular formula is C15H30N2O3S. The lowest BCUT2D eigenvalue weighted by Gasteiger charge is -2.28. The summed E-state index contributed by atoms with van der Waals surface area (Å²) in [5.74, 6) is -0.556. The number of nitrogens with one attached hydrogen (secondary N) is 2. The van der Waals surface area contributed by atoms with Crippen LogP contribution >= 0.6 is 0 Å². The van der Waals surface area contributed by atoms with Crippen molar-refractivity contribution in [3.8, 4) is 0 Å². The van der Waals surface area contributed by atoms with E-state index in [9.17, 15) is 13.2 Å². The van der Waals surface area contributed by atoms with Crippen molar-refractivity contribution in [2.45, 2.75) is 69.4 Å². The van der Waals surface area contributed by atoms with Gasteiger partial charge in [-0.05, 0) is 32.7 Å².